The van der Waals surface area contributed by atoms with Crippen LogP contribution in [-0.2, 0) is 0 Å². The monoisotopic (exact) mass is 473 g/mol. The molecule has 8 heteroatoms. The Morgan fingerprint density at radius 2 is 1.69 bits per heavy atom. The molecule has 0 saturated carbocycles. The predicted octanol–water partition coefficient (Wildman–Crippen LogP) is 3.95. The first-order valence-corrected chi connectivity index (χ1v) is 11.7. The molecule has 8 nitrogen and oxygen atoms in total. The fourth-order valence-electron chi connectivity index (χ4n) is 4.33. The van der Waals surface area contributed by atoms with Gasteiger partial charge in [-0.05, 0) is 62.3 Å². The van der Waals surface area contributed by atoms with E-state index in [0.717, 1.165) is 24.2 Å². The standard InChI is InChI=1S/C27H27N3O5/c1-33-25-17-19(9-12-24(25)34-16-15-29-13-5-6-14-29)30-26(31)22-11-10-21(18-23(22)28-27(30)32)35-20-7-3-2-4-8-20/h2-4,7-12,17-18H,5-6,13-16H2,1H3,(H,28,32). The molecular weight excluding hydrogens is 446 g/mol. The lowest BCUT2D eigenvalue weighted by Gasteiger charge is -2.17. The van der Waals surface area contributed by atoms with Gasteiger partial charge in [-0.3, -0.25) is 9.69 Å². The van der Waals surface area contributed by atoms with Gasteiger partial charge in [-0.25, -0.2) is 9.36 Å². The van der Waals surface area contributed by atoms with Crippen molar-refractivity contribution in [3.8, 4) is 28.7 Å². The second-order valence-corrected chi connectivity index (χ2v) is 8.43. The van der Waals surface area contributed by atoms with Gasteiger partial charge in [0.25, 0.3) is 5.56 Å². The number of para-hydroxylation sites is 1. The van der Waals surface area contributed by atoms with E-state index in [-0.39, 0.29) is 0 Å². The maximum atomic E-state index is 13.2. The fraction of sp³-hybridized carbons (Fsp3) is 0.259. The number of ether oxygens (including phenoxy) is 3. The van der Waals surface area contributed by atoms with Gasteiger partial charge < -0.3 is 19.2 Å². The smallest absolute Gasteiger partial charge is 0.333 e. The molecule has 1 N–H and O–H groups in total. The van der Waals surface area contributed by atoms with Crippen molar-refractivity contribution in [2.45, 2.75) is 12.8 Å². The molecule has 1 fully saturated rings. The lowest BCUT2D eigenvalue weighted by Crippen LogP contribution is -2.33. The van der Waals surface area contributed by atoms with Gasteiger partial charge in [-0.2, -0.15) is 0 Å². The van der Waals surface area contributed by atoms with Crippen LogP contribution in [0.15, 0.2) is 76.3 Å². The van der Waals surface area contributed by atoms with E-state index in [2.05, 4.69) is 9.88 Å². The average molecular weight is 474 g/mol. The third-order valence-corrected chi connectivity index (χ3v) is 6.12. The van der Waals surface area contributed by atoms with Crippen LogP contribution in [0.4, 0.5) is 0 Å². The fourth-order valence-corrected chi connectivity index (χ4v) is 4.33. The minimum absolute atomic E-state index is 0.370. The summed E-state index contributed by atoms with van der Waals surface area (Å²) >= 11 is 0. The maximum Gasteiger partial charge on any atom is 0.333 e. The van der Waals surface area contributed by atoms with Crippen LogP contribution < -0.4 is 25.5 Å². The van der Waals surface area contributed by atoms with Crippen molar-refractivity contribution in [2.75, 3.05) is 33.4 Å². The van der Waals surface area contributed by atoms with E-state index in [1.54, 1.807) is 36.4 Å². The SMILES string of the molecule is COc1cc(-n2c(=O)[nH]c3cc(Oc4ccccc4)ccc3c2=O)ccc1OCCN1CCCC1. The largest absolute Gasteiger partial charge is 0.493 e. The summed E-state index contributed by atoms with van der Waals surface area (Å²) in [4.78, 5) is 31.3. The molecule has 0 aliphatic carbocycles. The van der Waals surface area contributed by atoms with Crippen molar-refractivity contribution in [3.05, 3.63) is 87.6 Å². The average Bonchev–Trinajstić information content (AvgIpc) is 3.39. The van der Waals surface area contributed by atoms with E-state index in [0.29, 0.717) is 46.2 Å². The van der Waals surface area contributed by atoms with Crippen molar-refractivity contribution in [1.29, 1.82) is 0 Å². The van der Waals surface area contributed by atoms with Crippen molar-refractivity contribution in [1.82, 2.24) is 14.5 Å². The predicted molar refractivity (Wildman–Crippen MR) is 134 cm³/mol. The second-order valence-electron chi connectivity index (χ2n) is 8.43. The highest BCUT2D eigenvalue weighted by Gasteiger charge is 2.15. The quantitative estimate of drug-likeness (QED) is 0.417. The number of fused-ring (bicyclic) bond motifs is 1. The summed E-state index contributed by atoms with van der Waals surface area (Å²) < 4.78 is 18.3. The number of H-pyrrole nitrogens is 1. The minimum atomic E-state index is -0.552. The molecular formula is C27H27N3O5. The Labute approximate surface area is 202 Å². The molecule has 35 heavy (non-hydrogen) atoms. The number of aromatic nitrogens is 2. The number of likely N-dealkylation sites (tertiary alicyclic amines) is 1. The first-order valence-electron chi connectivity index (χ1n) is 11.7. The molecule has 0 bridgehead atoms. The maximum absolute atomic E-state index is 13.2. The van der Waals surface area contributed by atoms with Crippen molar-refractivity contribution in [2.24, 2.45) is 0 Å². The number of aromatic amines is 1. The van der Waals surface area contributed by atoms with Crippen LogP contribution in [0.5, 0.6) is 23.0 Å². The topological polar surface area (TPSA) is 85.8 Å². The number of rotatable bonds is 8. The van der Waals surface area contributed by atoms with Gasteiger partial charge >= 0.3 is 5.69 Å². The molecule has 5 rings (SSSR count). The van der Waals surface area contributed by atoms with Gasteiger partial charge in [-0.1, -0.05) is 18.2 Å². The highest BCUT2D eigenvalue weighted by Crippen LogP contribution is 2.29. The van der Waals surface area contributed by atoms with Crippen LogP contribution in [0.25, 0.3) is 16.6 Å². The first kappa shape index (κ1) is 22.7. The highest BCUT2D eigenvalue weighted by atomic mass is 16.5. The van der Waals surface area contributed by atoms with Gasteiger partial charge in [-0.15, -0.1) is 0 Å². The Morgan fingerprint density at radius 1 is 0.886 bits per heavy atom. The minimum Gasteiger partial charge on any atom is -0.493 e. The van der Waals surface area contributed by atoms with E-state index >= 15 is 0 Å². The number of hydrogen-bond acceptors (Lipinski definition) is 6. The number of nitrogens with zero attached hydrogens (tertiary/aromatic N) is 2. The van der Waals surface area contributed by atoms with Gasteiger partial charge in [0.15, 0.2) is 11.5 Å². The molecule has 0 amide bonds. The van der Waals surface area contributed by atoms with Crippen LogP contribution in [0.3, 0.4) is 0 Å². The number of benzene rings is 3. The number of hydrogen-bond donors (Lipinski definition) is 1. The normalized spacial score (nSPS) is 13.7. The molecule has 2 heterocycles. The zero-order chi connectivity index (χ0) is 24.2. The summed E-state index contributed by atoms with van der Waals surface area (Å²) in [7, 11) is 1.54. The van der Waals surface area contributed by atoms with E-state index in [4.69, 9.17) is 14.2 Å². The molecule has 3 aromatic carbocycles. The van der Waals surface area contributed by atoms with Gasteiger partial charge in [0.05, 0.1) is 23.7 Å². The summed E-state index contributed by atoms with van der Waals surface area (Å²) in [6.45, 7) is 3.60. The zero-order valence-corrected chi connectivity index (χ0v) is 19.5. The Balaban J connectivity index is 1.41. The van der Waals surface area contributed by atoms with E-state index in [9.17, 15) is 9.59 Å². The summed E-state index contributed by atoms with van der Waals surface area (Å²) in [5.41, 5.74) is -0.186. The first-order chi connectivity index (χ1) is 17.1. The lowest BCUT2D eigenvalue weighted by atomic mass is 10.2. The molecule has 1 aliphatic heterocycles. The van der Waals surface area contributed by atoms with Crippen molar-refractivity contribution in [3.63, 3.8) is 0 Å². The zero-order valence-electron chi connectivity index (χ0n) is 19.5. The Hall–Kier alpha value is -4.04. The molecule has 1 saturated heterocycles. The molecule has 4 aromatic rings. The Bertz CT molecular complexity index is 1440. The van der Waals surface area contributed by atoms with Gasteiger partial charge in [0.2, 0.25) is 0 Å². The molecule has 0 radical (unpaired) electrons. The molecule has 1 aromatic heterocycles. The molecule has 180 valence electrons. The Morgan fingerprint density at radius 3 is 2.46 bits per heavy atom. The number of nitrogens with one attached hydrogen (secondary N) is 1. The van der Waals surface area contributed by atoms with Gasteiger partial charge in [0.1, 0.15) is 18.1 Å². The van der Waals surface area contributed by atoms with E-state index in [1.165, 1.54) is 20.0 Å². The van der Waals surface area contributed by atoms with Crippen LogP contribution >= 0.6 is 0 Å². The summed E-state index contributed by atoms with van der Waals surface area (Å²) in [5, 5.41) is 0.370. The third-order valence-electron chi connectivity index (χ3n) is 6.12. The molecule has 0 atom stereocenters. The van der Waals surface area contributed by atoms with Crippen LogP contribution in [-0.4, -0.2) is 47.8 Å². The van der Waals surface area contributed by atoms with Crippen molar-refractivity contribution < 1.29 is 14.2 Å². The third kappa shape index (κ3) is 4.93. The lowest BCUT2D eigenvalue weighted by molar-refractivity contribution is 0.230. The highest BCUT2D eigenvalue weighted by molar-refractivity contribution is 5.79. The summed E-state index contributed by atoms with van der Waals surface area (Å²) in [5.74, 6) is 2.22. The van der Waals surface area contributed by atoms with E-state index in [1.807, 2.05) is 30.3 Å². The molecule has 0 unspecified atom stereocenters. The summed E-state index contributed by atoms with van der Waals surface area (Å²) in [6, 6.07) is 19.4. The van der Waals surface area contributed by atoms with E-state index < -0.39 is 11.2 Å². The molecule has 0 spiro atoms. The van der Waals surface area contributed by atoms with Crippen LogP contribution in [0.2, 0.25) is 0 Å². The van der Waals surface area contributed by atoms with Crippen molar-refractivity contribution >= 4 is 10.9 Å². The van der Waals surface area contributed by atoms with Gasteiger partial charge in [0, 0.05) is 18.7 Å². The Kier molecular flexibility index (Phi) is 6.54. The summed E-state index contributed by atoms with van der Waals surface area (Å²) in [6.07, 6.45) is 2.46. The van der Waals surface area contributed by atoms with Crippen LogP contribution in [0, 0.1) is 0 Å². The second kappa shape index (κ2) is 10.1. The van der Waals surface area contributed by atoms with Crippen LogP contribution in [0.1, 0.15) is 12.8 Å². The number of methoxy groups -OCH3 is 1. The molecule has 1 aliphatic rings.